The van der Waals surface area contributed by atoms with Gasteiger partial charge in [-0.1, -0.05) is 25.0 Å². The van der Waals surface area contributed by atoms with Crippen molar-refractivity contribution in [1.29, 1.82) is 0 Å². The first-order chi connectivity index (χ1) is 14.2. The van der Waals surface area contributed by atoms with Gasteiger partial charge in [-0.3, -0.25) is 9.59 Å². The minimum absolute atomic E-state index is 0.0621. The average Bonchev–Trinajstić information content (AvgIpc) is 3.05. The van der Waals surface area contributed by atoms with Crippen molar-refractivity contribution < 1.29 is 14.3 Å². The molecule has 0 aromatic heterocycles. The highest BCUT2D eigenvalue weighted by molar-refractivity contribution is 5.97. The van der Waals surface area contributed by atoms with Gasteiger partial charge in [-0.2, -0.15) is 0 Å². The van der Waals surface area contributed by atoms with Gasteiger partial charge in [0.2, 0.25) is 5.91 Å². The largest absolute Gasteiger partial charge is 0.497 e. The zero-order valence-corrected chi connectivity index (χ0v) is 17.0. The first-order valence-electron chi connectivity index (χ1n) is 10.5. The number of rotatable bonds is 4. The third-order valence-corrected chi connectivity index (χ3v) is 6.01. The molecule has 1 atom stereocenters. The van der Waals surface area contributed by atoms with E-state index in [4.69, 9.17) is 4.74 Å². The summed E-state index contributed by atoms with van der Waals surface area (Å²) in [5, 5.41) is 0. The first kappa shape index (κ1) is 19.5. The van der Waals surface area contributed by atoms with E-state index in [1.807, 2.05) is 41.3 Å². The Morgan fingerprint density at radius 3 is 2.34 bits per heavy atom. The summed E-state index contributed by atoms with van der Waals surface area (Å²) in [7, 11) is 1.66. The molecule has 2 aromatic carbocycles. The molecule has 0 spiro atoms. The summed E-state index contributed by atoms with van der Waals surface area (Å²) in [5.41, 5.74) is 2.72. The van der Waals surface area contributed by atoms with Crippen molar-refractivity contribution in [2.45, 2.75) is 44.6 Å². The second-order valence-electron chi connectivity index (χ2n) is 7.83. The van der Waals surface area contributed by atoms with Crippen LogP contribution in [0.25, 0.3) is 0 Å². The third kappa shape index (κ3) is 4.14. The molecule has 2 fully saturated rings. The zero-order valence-electron chi connectivity index (χ0n) is 17.0. The minimum Gasteiger partial charge on any atom is -0.497 e. The van der Waals surface area contributed by atoms with Gasteiger partial charge < -0.3 is 14.5 Å². The van der Waals surface area contributed by atoms with Gasteiger partial charge in [-0.15, -0.1) is 0 Å². The van der Waals surface area contributed by atoms with Crippen molar-refractivity contribution >= 4 is 17.5 Å². The van der Waals surface area contributed by atoms with Crippen LogP contribution in [0.4, 0.5) is 5.69 Å². The minimum atomic E-state index is 0.0621. The Kier molecular flexibility index (Phi) is 5.84. The van der Waals surface area contributed by atoms with Crippen molar-refractivity contribution in [1.82, 2.24) is 4.90 Å². The van der Waals surface area contributed by atoms with E-state index in [2.05, 4.69) is 12.1 Å². The molecule has 2 amide bonds. The number of anilines is 1. The molecule has 0 saturated carbocycles. The fourth-order valence-electron chi connectivity index (χ4n) is 4.39. The molecule has 0 bridgehead atoms. The Bertz CT molecular complexity index is 861. The maximum absolute atomic E-state index is 13.4. The molecule has 5 nitrogen and oxygen atoms in total. The summed E-state index contributed by atoms with van der Waals surface area (Å²) in [6, 6.07) is 15.7. The number of likely N-dealkylation sites (tertiary alicyclic amines) is 1. The summed E-state index contributed by atoms with van der Waals surface area (Å²) in [6.07, 6.45) is 5.77. The van der Waals surface area contributed by atoms with Crippen LogP contribution in [0.15, 0.2) is 48.5 Å². The number of nitrogens with zero attached hydrogens (tertiary/aromatic N) is 2. The lowest BCUT2D eigenvalue weighted by atomic mass is 10.00. The van der Waals surface area contributed by atoms with Crippen LogP contribution < -0.4 is 9.64 Å². The van der Waals surface area contributed by atoms with Crippen LogP contribution >= 0.6 is 0 Å². The fourth-order valence-corrected chi connectivity index (χ4v) is 4.39. The van der Waals surface area contributed by atoms with Gasteiger partial charge in [0.05, 0.1) is 13.2 Å². The number of carbonyl (C=O) groups is 2. The molecule has 2 aliphatic heterocycles. The van der Waals surface area contributed by atoms with E-state index < -0.39 is 0 Å². The molecular weight excluding hydrogens is 364 g/mol. The SMILES string of the molecule is COc1ccc(C2CCCCCN2C(=O)c2ccc(N3CCCC3=O)cc2)cc1. The highest BCUT2D eigenvalue weighted by Crippen LogP contribution is 2.32. The van der Waals surface area contributed by atoms with E-state index >= 15 is 0 Å². The van der Waals surface area contributed by atoms with E-state index in [9.17, 15) is 9.59 Å². The van der Waals surface area contributed by atoms with Crippen LogP contribution in [-0.4, -0.2) is 36.9 Å². The number of hydrogen-bond acceptors (Lipinski definition) is 3. The summed E-state index contributed by atoms with van der Waals surface area (Å²) in [5.74, 6) is 1.05. The molecule has 1 unspecified atom stereocenters. The summed E-state index contributed by atoms with van der Waals surface area (Å²) < 4.78 is 5.28. The van der Waals surface area contributed by atoms with E-state index in [0.717, 1.165) is 62.2 Å². The Labute approximate surface area is 172 Å². The topological polar surface area (TPSA) is 49.9 Å². The second-order valence-corrected chi connectivity index (χ2v) is 7.83. The van der Waals surface area contributed by atoms with Gasteiger partial charge in [0.1, 0.15) is 5.75 Å². The Morgan fingerprint density at radius 2 is 1.69 bits per heavy atom. The molecule has 0 N–H and O–H groups in total. The predicted octanol–water partition coefficient (Wildman–Crippen LogP) is 4.58. The number of carbonyl (C=O) groups excluding carboxylic acids is 2. The second kappa shape index (κ2) is 8.68. The predicted molar refractivity (Wildman–Crippen MR) is 113 cm³/mol. The standard InChI is InChI=1S/C24H28N2O3/c1-29-21-14-10-18(11-15-21)22-6-3-2-4-16-26(22)24(28)19-8-12-20(13-9-19)25-17-5-7-23(25)27/h8-15,22H,2-7,16-17H2,1H3. The van der Waals surface area contributed by atoms with Crippen LogP contribution in [0.2, 0.25) is 0 Å². The van der Waals surface area contributed by atoms with Crippen LogP contribution in [0.1, 0.15) is 60.5 Å². The molecule has 0 aliphatic carbocycles. The number of benzene rings is 2. The smallest absolute Gasteiger partial charge is 0.254 e. The molecule has 2 heterocycles. The van der Waals surface area contributed by atoms with E-state index in [1.54, 1.807) is 12.0 Å². The van der Waals surface area contributed by atoms with Gasteiger partial charge in [0.25, 0.3) is 5.91 Å². The summed E-state index contributed by atoms with van der Waals surface area (Å²) >= 11 is 0. The van der Waals surface area contributed by atoms with Crippen LogP contribution in [0.5, 0.6) is 5.75 Å². The molecule has 2 aromatic rings. The summed E-state index contributed by atoms with van der Waals surface area (Å²) in [4.78, 5) is 29.2. The van der Waals surface area contributed by atoms with Crippen molar-refractivity contribution in [2.24, 2.45) is 0 Å². The average molecular weight is 392 g/mol. The molecule has 2 aliphatic rings. The van der Waals surface area contributed by atoms with E-state index in [0.29, 0.717) is 12.0 Å². The van der Waals surface area contributed by atoms with E-state index in [1.165, 1.54) is 0 Å². The van der Waals surface area contributed by atoms with Crippen LogP contribution in [-0.2, 0) is 4.79 Å². The molecule has 29 heavy (non-hydrogen) atoms. The number of hydrogen-bond donors (Lipinski definition) is 0. The Hall–Kier alpha value is -2.82. The normalized spacial score (nSPS) is 19.9. The van der Waals surface area contributed by atoms with Gasteiger partial charge in [0.15, 0.2) is 0 Å². The number of ether oxygens (including phenoxy) is 1. The first-order valence-corrected chi connectivity index (χ1v) is 10.5. The molecular formula is C24H28N2O3. The van der Waals surface area contributed by atoms with Crippen molar-refractivity contribution in [3.8, 4) is 5.75 Å². The summed E-state index contributed by atoms with van der Waals surface area (Å²) in [6.45, 7) is 1.53. The lowest BCUT2D eigenvalue weighted by molar-refractivity contribution is -0.117. The monoisotopic (exact) mass is 392 g/mol. The van der Waals surface area contributed by atoms with E-state index in [-0.39, 0.29) is 17.9 Å². The lowest BCUT2D eigenvalue weighted by Gasteiger charge is -2.31. The lowest BCUT2D eigenvalue weighted by Crippen LogP contribution is -2.34. The number of amides is 2. The third-order valence-electron chi connectivity index (χ3n) is 6.01. The Balaban J connectivity index is 1.56. The quantitative estimate of drug-likeness (QED) is 0.765. The highest BCUT2D eigenvalue weighted by Gasteiger charge is 2.28. The maximum Gasteiger partial charge on any atom is 0.254 e. The Morgan fingerprint density at radius 1 is 0.931 bits per heavy atom. The molecule has 4 rings (SSSR count). The molecule has 2 saturated heterocycles. The maximum atomic E-state index is 13.4. The number of methoxy groups -OCH3 is 1. The van der Waals surface area contributed by atoms with Crippen molar-refractivity contribution in [3.63, 3.8) is 0 Å². The fraction of sp³-hybridized carbons (Fsp3) is 0.417. The van der Waals surface area contributed by atoms with Gasteiger partial charge in [-0.05, 0) is 61.2 Å². The van der Waals surface area contributed by atoms with Gasteiger partial charge in [0, 0.05) is 30.8 Å². The van der Waals surface area contributed by atoms with Crippen molar-refractivity contribution in [2.75, 3.05) is 25.1 Å². The van der Waals surface area contributed by atoms with Crippen LogP contribution in [0, 0.1) is 0 Å². The van der Waals surface area contributed by atoms with Gasteiger partial charge in [-0.25, -0.2) is 0 Å². The van der Waals surface area contributed by atoms with Gasteiger partial charge >= 0.3 is 0 Å². The highest BCUT2D eigenvalue weighted by atomic mass is 16.5. The molecule has 152 valence electrons. The van der Waals surface area contributed by atoms with Crippen molar-refractivity contribution in [3.05, 3.63) is 59.7 Å². The zero-order chi connectivity index (χ0) is 20.2. The molecule has 0 radical (unpaired) electrons. The molecule has 5 heteroatoms. The van der Waals surface area contributed by atoms with Crippen LogP contribution in [0.3, 0.4) is 0 Å².